The van der Waals surface area contributed by atoms with Crippen molar-refractivity contribution < 1.29 is 9.32 Å². The van der Waals surface area contributed by atoms with Crippen LogP contribution in [0.25, 0.3) is 11.4 Å². The van der Waals surface area contributed by atoms with E-state index < -0.39 is 0 Å². The van der Waals surface area contributed by atoms with Gasteiger partial charge < -0.3 is 14.7 Å². The van der Waals surface area contributed by atoms with E-state index in [-0.39, 0.29) is 5.91 Å². The van der Waals surface area contributed by atoms with Gasteiger partial charge in [0.05, 0.1) is 6.54 Å². The summed E-state index contributed by atoms with van der Waals surface area (Å²) in [5.41, 5.74) is 2.99. The number of nitrogens with one attached hydrogen (secondary N) is 1. The van der Waals surface area contributed by atoms with Crippen LogP contribution in [0, 0.1) is 0 Å². The van der Waals surface area contributed by atoms with Gasteiger partial charge in [0.15, 0.2) is 5.82 Å². The molecule has 126 valence electrons. The number of benzene rings is 1. The number of carbonyl (C=O) groups is 1. The van der Waals surface area contributed by atoms with E-state index in [1.54, 1.807) is 6.26 Å². The molecule has 0 aliphatic carbocycles. The molecule has 1 aliphatic heterocycles. The Hall–Kier alpha value is -3.22. The standard InChI is InChI=1S/C18H17N5O2/c1-23(11-13-8-10-25-22-13)17-14-7-9-19-18(24)15(14)20-16(21-17)12-5-3-2-4-6-12/h2-6,8,10H,7,9,11H2,1H3,(H,19,24). The lowest BCUT2D eigenvalue weighted by atomic mass is 10.0. The smallest absolute Gasteiger partial charge is 0.270 e. The van der Waals surface area contributed by atoms with Crippen LogP contribution in [0.15, 0.2) is 47.2 Å². The Bertz CT molecular complexity index is 893. The summed E-state index contributed by atoms with van der Waals surface area (Å²) in [5, 5.41) is 6.80. The summed E-state index contributed by atoms with van der Waals surface area (Å²) >= 11 is 0. The van der Waals surface area contributed by atoms with E-state index in [1.807, 2.05) is 48.3 Å². The van der Waals surface area contributed by atoms with Crippen LogP contribution < -0.4 is 10.2 Å². The molecule has 1 aliphatic rings. The molecule has 3 aromatic rings. The molecule has 3 heterocycles. The molecule has 4 rings (SSSR count). The minimum Gasteiger partial charge on any atom is -0.364 e. The highest BCUT2D eigenvalue weighted by Gasteiger charge is 2.25. The van der Waals surface area contributed by atoms with Crippen LogP contribution >= 0.6 is 0 Å². The first-order valence-electron chi connectivity index (χ1n) is 8.07. The third kappa shape index (κ3) is 2.96. The van der Waals surface area contributed by atoms with Gasteiger partial charge in [-0.3, -0.25) is 4.79 Å². The first kappa shape index (κ1) is 15.3. The molecule has 0 unspecified atom stereocenters. The maximum atomic E-state index is 12.3. The average Bonchev–Trinajstić information content (AvgIpc) is 3.15. The minimum absolute atomic E-state index is 0.156. The lowest BCUT2D eigenvalue weighted by molar-refractivity contribution is 0.0940. The molecule has 0 saturated carbocycles. The van der Waals surface area contributed by atoms with E-state index in [0.717, 1.165) is 22.6 Å². The first-order valence-corrected chi connectivity index (χ1v) is 8.07. The summed E-state index contributed by atoms with van der Waals surface area (Å²) in [6, 6.07) is 11.5. The number of fused-ring (bicyclic) bond motifs is 1. The molecule has 1 amide bonds. The van der Waals surface area contributed by atoms with E-state index in [1.165, 1.54) is 0 Å². The molecule has 0 radical (unpaired) electrons. The average molecular weight is 335 g/mol. The molecule has 1 aromatic carbocycles. The number of nitrogens with zero attached hydrogens (tertiary/aromatic N) is 4. The van der Waals surface area contributed by atoms with Crippen molar-refractivity contribution >= 4 is 11.7 Å². The second-order valence-electron chi connectivity index (χ2n) is 5.92. The van der Waals surface area contributed by atoms with Crippen molar-refractivity contribution in [1.29, 1.82) is 0 Å². The summed E-state index contributed by atoms with van der Waals surface area (Å²) in [5.74, 6) is 1.14. The van der Waals surface area contributed by atoms with E-state index in [2.05, 4.69) is 15.5 Å². The zero-order valence-electron chi connectivity index (χ0n) is 13.8. The SMILES string of the molecule is CN(Cc1ccon1)c1nc(-c2ccccc2)nc2c1CCNC2=O. The monoisotopic (exact) mass is 335 g/mol. The highest BCUT2D eigenvalue weighted by Crippen LogP contribution is 2.27. The molecule has 0 atom stereocenters. The van der Waals surface area contributed by atoms with Crippen LogP contribution in [0.1, 0.15) is 21.7 Å². The molecular weight excluding hydrogens is 318 g/mol. The Morgan fingerprint density at radius 3 is 2.80 bits per heavy atom. The van der Waals surface area contributed by atoms with Crippen molar-refractivity contribution in [2.24, 2.45) is 0 Å². The summed E-state index contributed by atoms with van der Waals surface area (Å²) in [6.07, 6.45) is 2.25. The quantitative estimate of drug-likeness (QED) is 0.785. The molecule has 2 aromatic heterocycles. The van der Waals surface area contributed by atoms with Crippen LogP contribution in [0.2, 0.25) is 0 Å². The Balaban J connectivity index is 1.81. The molecule has 7 heteroatoms. The van der Waals surface area contributed by atoms with Crippen molar-refractivity contribution in [2.45, 2.75) is 13.0 Å². The zero-order valence-corrected chi connectivity index (χ0v) is 13.8. The van der Waals surface area contributed by atoms with Crippen LogP contribution in [0.4, 0.5) is 5.82 Å². The number of carbonyl (C=O) groups excluding carboxylic acids is 1. The minimum atomic E-state index is -0.156. The van der Waals surface area contributed by atoms with E-state index >= 15 is 0 Å². The number of hydrogen-bond donors (Lipinski definition) is 1. The number of hydrogen-bond acceptors (Lipinski definition) is 6. The Morgan fingerprint density at radius 1 is 1.20 bits per heavy atom. The second kappa shape index (κ2) is 6.35. The highest BCUT2D eigenvalue weighted by atomic mass is 16.5. The zero-order chi connectivity index (χ0) is 17.2. The normalized spacial score (nSPS) is 13.2. The van der Waals surface area contributed by atoms with Gasteiger partial charge in [0.25, 0.3) is 5.91 Å². The van der Waals surface area contributed by atoms with E-state index in [0.29, 0.717) is 31.0 Å². The van der Waals surface area contributed by atoms with Crippen LogP contribution in [0.3, 0.4) is 0 Å². The van der Waals surface area contributed by atoms with E-state index in [9.17, 15) is 4.79 Å². The van der Waals surface area contributed by atoms with Crippen molar-refractivity contribution in [3.63, 3.8) is 0 Å². The van der Waals surface area contributed by atoms with Gasteiger partial charge in [0.1, 0.15) is 23.5 Å². The summed E-state index contributed by atoms with van der Waals surface area (Å²) < 4.78 is 4.90. The van der Waals surface area contributed by atoms with Crippen molar-refractivity contribution in [3.8, 4) is 11.4 Å². The molecule has 7 nitrogen and oxygen atoms in total. The fraction of sp³-hybridized carbons (Fsp3) is 0.222. The maximum absolute atomic E-state index is 12.3. The molecule has 25 heavy (non-hydrogen) atoms. The van der Waals surface area contributed by atoms with Crippen LogP contribution in [-0.4, -0.2) is 34.6 Å². The Morgan fingerprint density at radius 2 is 2.04 bits per heavy atom. The number of anilines is 1. The molecule has 0 bridgehead atoms. The number of rotatable bonds is 4. The fourth-order valence-corrected chi connectivity index (χ4v) is 2.94. The van der Waals surface area contributed by atoms with Crippen LogP contribution in [-0.2, 0) is 13.0 Å². The third-order valence-electron chi connectivity index (χ3n) is 4.14. The van der Waals surface area contributed by atoms with Crippen LogP contribution in [0.5, 0.6) is 0 Å². The highest BCUT2D eigenvalue weighted by molar-refractivity contribution is 5.96. The second-order valence-corrected chi connectivity index (χ2v) is 5.92. The first-order chi connectivity index (χ1) is 12.2. The van der Waals surface area contributed by atoms with Gasteiger partial charge in [-0.2, -0.15) is 0 Å². The summed E-state index contributed by atoms with van der Waals surface area (Å²) in [4.78, 5) is 23.6. The fourth-order valence-electron chi connectivity index (χ4n) is 2.94. The van der Waals surface area contributed by atoms with Crippen molar-refractivity contribution in [3.05, 3.63) is 59.6 Å². The van der Waals surface area contributed by atoms with Gasteiger partial charge in [0.2, 0.25) is 0 Å². The van der Waals surface area contributed by atoms with E-state index in [4.69, 9.17) is 9.51 Å². The number of amides is 1. The molecule has 0 spiro atoms. The van der Waals surface area contributed by atoms with Gasteiger partial charge in [-0.05, 0) is 6.42 Å². The Kier molecular flexibility index (Phi) is 3.89. The lowest BCUT2D eigenvalue weighted by Crippen LogP contribution is -2.35. The molecule has 0 saturated heterocycles. The topological polar surface area (TPSA) is 84.2 Å². The molecule has 0 fully saturated rings. The summed E-state index contributed by atoms with van der Waals surface area (Å²) in [7, 11) is 1.93. The lowest BCUT2D eigenvalue weighted by Gasteiger charge is -2.25. The van der Waals surface area contributed by atoms with Gasteiger partial charge in [-0.15, -0.1) is 0 Å². The Labute approximate surface area is 144 Å². The van der Waals surface area contributed by atoms with Gasteiger partial charge >= 0.3 is 0 Å². The predicted molar refractivity (Wildman–Crippen MR) is 92.1 cm³/mol. The maximum Gasteiger partial charge on any atom is 0.270 e. The van der Waals surface area contributed by atoms with Crippen molar-refractivity contribution in [1.82, 2.24) is 20.4 Å². The number of aromatic nitrogens is 3. The predicted octanol–water partition coefficient (Wildman–Crippen LogP) is 2.05. The molecule has 1 N–H and O–H groups in total. The molecular formula is C18H17N5O2. The van der Waals surface area contributed by atoms with Gasteiger partial charge in [0, 0.05) is 30.8 Å². The summed E-state index contributed by atoms with van der Waals surface area (Å²) in [6.45, 7) is 1.13. The van der Waals surface area contributed by atoms with Gasteiger partial charge in [-0.25, -0.2) is 9.97 Å². The third-order valence-corrected chi connectivity index (χ3v) is 4.14. The largest absolute Gasteiger partial charge is 0.364 e. The van der Waals surface area contributed by atoms with Gasteiger partial charge in [-0.1, -0.05) is 35.5 Å². The van der Waals surface area contributed by atoms with Crippen molar-refractivity contribution in [2.75, 3.05) is 18.5 Å².